The number of benzene rings is 1. The number of esters is 2. The topological polar surface area (TPSA) is 126 Å². The molecule has 30 heavy (non-hydrogen) atoms. The van der Waals surface area contributed by atoms with Gasteiger partial charge in [-0.25, -0.2) is 9.59 Å². The highest BCUT2D eigenvalue weighted by molar-refractivity contribution is 6.21. The Morgan fingerprint density at radius 1 is 1.17 bits per heavy atom. The van der Waals surface area contributed by atoms with Gasteiger partial charge in [0.25, 0.3) is 0 Å². The molecule has 0 fully saturated rings. The summed E-state index contributed by atoms with van der Waals surface area (Å²) in [6.45, 7) is 4.92. The summed E-state index contributed by atoms with van der Waals surface area (Å²) in [4.78, 5) is 39.6. The van der Waals surface area contributed by atoms with E-state index in [1.807, 2.05) is 0 Å². The largest absolute Gasteiger partial charge is 0.460 e. The number of nitrogens with one attached hydrogen (secondary N) is 1. The number of hydrogen-bond acceptors (Lipinski definition) is 8. The van der Waals surface area contributed by atoms with Crippen LogP contribution in [0.3, 0.4) is 0 Å². The number of allylic oxidation sites excluding steroid dienone is 1. The fourth-order valence-corrected chi connectivity index (χ4v) is 3.71. The number of nitrogens with two attached hydrogens (primary N) is 1. The van der Waals surface area contributed by atoms with Gasteiger partial charge < -0.3 is 30.0 Å². The van der Waals surface area contributed by atoms with Crippen LogP contribution in [0.4, 0.5) is 5.69 Å². The normalized spacial score (nSPS) is 20.2. The van der Waals surface area contributed by atoms with Gasteiger partial charge in [0, 0.05) is 18.4 Å². The van der Waals surface area contributed by atoms with E-state index in [-0.39, 0.29) is 36.0 Å². The summed E-state index contributed by atoms with van der Waals surface area (Å²) in [5.41, 5.74) is 4.65. The second-order valence-electron chi connectivity index (χ2n) is 7.10. The lowest BCUT2D eigenvalue weighted by atomic mass is 9.67. The monoisotopic (exact) mass is 416 g/mol. The summed E-state index contributed by atoms with van der Waals surface area (Å²) in [5, 5.41) is 2.73. The van der Waals surface area contributed by atoms with Gasteiger partial charge in [-0.05, 0) is 26.8 Å². The number of ether oxygens (including phenoxy) is 4. The van der Waals surface area contributed by atoms with Gasteiger partial charge in [-0.2, -0.15) is 0 Å². The van der Waals surface area contributed by atoms with Gasteiger partial charge in [0.05, 0.1) is 12.7 Å². The zero-order valence-electron chi connectivity index (χ0n) is 17.2. The molecule has 0 aliphatic carbocycles. The van der Waals surface area contributed by atoms with Gasteiger partial charge >= 0.3 is 11.9 Å². The predicted octanol–water partition coefficient (Wildman–Crippen LogP) is 1.49. The number of rotatable bonds is 6. The molecule has 1 aromatic carbocycles. The molecule has 9 nitrogen and oxygen atoms in total. The quantitative estimate of drug-likeness (QED) is 0.528. The fourth-order valence-electron chi connectivity index (χ4n) is 3.71. The molecule has 0 saturated carbocycles. The average Bonchev–Trinajstić information content (AvgIpc) is 2.93. The lowest BCUT2D eigenvalue weighted by molar-refractivity contribution is -0.146. The minimum Gasteiger partial charge on any atom is -0.460 e. The Bertz CT molecular complexity index is 964. The lowest BCUT2D eigenvalue weighted by Crippen LogP contribution is -2.48. The first-order chi connectivity index (χ1) is 14.2. The Hall–Kier alpha value is -3.33. The van der Waals surface area contributed by atoms with E-state index in [0.29, 0.717) is 11.3 Å². The Morgan fingerprint density at radius 3 is 2.53 bits per heavy atom. The van der Waals surface area contributed by atoms with Gasteiger partial charge in [0.15, 0.2) is 0 Å². The van der Waals surface area contributed by atoms with Crippen LogP contribution in [0.5, 0.6) is 0 Å². The maximum atomic E-state index is 13.4. The second kappa shape index (κ2) is 8.19. The number of para-hydroxylation sites is 1. The first kappa shape index (κ1) is 21.4. The maximum Gasteiger partial charge on any atom is 0.341 e. The third-order valence-corrected chi connectivity index (χ3v) is 4.80. The van der Waals surface area contributed by atoms with Crippen LogP contribution in [-0.4, -0.2) is 44.3 Å². The summed E-state index contributed by atoms with van der Waals surface area (Å²) in [6.07, 6.45) is -0.463. The lowest BCUT2D eigenvalue weighted by Gasteiger charge is -2.35. The highest BCUT2D eigenvalue weighted by Gasteiger charge is 2.61. The number of carbonyl (C=O) groups is 3. The molecule has 1 spiro atoms. The molecule has 0 radical (unpaired) electrons. The Balaban J connectivity index is 2.25. The molecular weight excluding hydrogens is 392 g/mol. The molecule has 1 unspecified atom stereocenters. The van der Waals surface area contributed by atoms with Gasteiger partial charge in [0.1, 0.15) is 28.9 Å². The van der Waals surface area contributed by atoms with Crippen molar-refractivity contribution in [3.63, 3.8) is 0 Å². The first-order valence-corrected chi connectivity index (χ1v) is 9.42. The van der Waals surface area contributed by atoms with Crippen LogP contribution in [0.25, 0.3) is 0 Å². The molecule has 3 N–H and O–H groups in total. The third-order valence-electron chi connectivity index (χ3n) is 4.80. The van der Waals surface area contributed by atoms with Crippen molar-refractivity contribution in [3.8, 4) is 0 Å². The van der Waals surface area contributed by atoms with Gasteiger partial charge in [0.2, 0.25) is 11.8 Å². The van der Waals surface area contributed by atoms with E-state index in [0.717, 1.165) is 0 Å². The summed E-state index contributed by atoms with van der Waals surface area (Å²) in [5.74, 6) is -2.55. The maximum absolute atomic E-state index is 13.4. The van der Waals surface area contributed by atoms with Crippen LogP contribution in [0.15, 0.2) is 47.1 Å². The van der Waals surface area contributed by atoms with E-state index in [4.69, 9.17) is 24.7 Å². The molecule has 9 heteroatoms. The zero-order valence-corrected chi connectivity index (χ0v) is 17.2. The van der Waals surface area contributed by atoms with E-state index >= 15 is 0 Å². The zero-order chi connectivity index (χ0) is 22.1. The van der Waals surface area contributed by atoms with Gasteiger partial charge in [-0.1, -0.05) is 18.2 Å². The summed E-state index contributed by atoms with van der Waals surface area (Å²) < 4.78 is 21.0. The van der Waals surface area contributed by atoms with E-state index in [1.54, 1.807) is 38.1 Å². The smallest absolute Gasteiger partial charge is 0.341 e. The van der Waals surface area contributed by atoms with Crippen LogP contribution >= 0.6 is 0 Å². The van der Waals surface area contributed by atoms with Crippen molar-refractivity contribution in [1.82, 2.24) is 0 Å². The van der Waals surface area contributed by atoms with Crippen LogP contribution in [0.1, 0.15) is 26.3 Å². The molecule has 1 aromatic rings. The summed E-state index contributed by atoms with van der Waals surface area (Å²) >= 11 is 0. The van der Waals surface area contributed by atoms with Crippen LogP contribution < -0.4 is 11.1 Å². The molecule has 3 rings (SSSR count). The third kappa shape index (κ3) is 3.30. The first-order valence-electron chi connectivity index (χ1n) is 9.42. The molecular formula is C21H24N2O7. The SMILES string of the molecule is COCCOC(=O)C1=C(N)OC(C)=C(C(=O)OC(C)C)C12C(=O)Nc1ccccc12. The van der Waals surface area contributed by atoms with Crippen molar-refractivity contribution in [2.45, 2.75) is 32.3 Å². The molecule has 2 heterocycles. The highest BCUT2D eigenvalue weighted by Crippen LogP contribution is 2.52. The van der Waals surface area contributed by atoms with Crippen molar-refractivity contribution in [2.75, 3.05) is 25.6 Å². The van der Waals surface area contributed by atoms with Gasteiger partial charge in [-0.15, -0.1) is 0 Å². The van der Waals surface area contributed by atoms with E-state index in [2.05, 4.69) is 5.32 Å². The molecule has 1 atom stereocenters. The number of hydrogen-bond donors (Lipinski definition) is 2. The van der Waals surface area contributed by atoms with Gasteiger partial charge in [-0.3, -0.25) is 4.79 Å². The fraction of sp³-hybridized carbons (Fsp3) is 0.381. The minimum atomic E-state index is -1.86. The number of anilines is 1. The number of fused-ring (bicyclic) bond motifs is 2. The summed E-state index contributed by atoms with van der Waals surface area (Å²) in [6, 6.07) is 6.73. The van der Waals surface area contributed by atoms with Crippen molar-refractivity contribution in [2.24, 2.45) is 5.73 Å². The van der Waals surface area contributed by atoms with Crippen LogP contribution in [-0.2, 0) is 38.7 Å². The molecule has 2 aliphatic heterocycles. The molecule has 1 amide bonds. The predicted molar refractivity (Wildman–Crippen MR) is 106 cm³/mol. The average molecular weight is 416 g/mol. The molecule has 0 bridgehead atoms. The van der Waals surface area contributed by atoms with Crippen LogP contribution in [0.2, 0.25) is 0 Å². The molecule has 0 saturated heterocycles. The Kier molecular flexibility index (Phi) is 5.84. The highest BCUT2D eigenvalue weighted by atomic mass is 16.6. The Morgan fingerprint density at radius 2 is 1.87 bits per heavy atom. The number of carbonyl (C=O) groups excluding carboxylic acids is 3. The molecule has 160 valence electrons. The number of amides is 1. The minimum absolute atomic E-state index is 0.0680. The van der Waals surface area contributed by atoms with Crippen LogP contribution in [0, 0.1) is 0 Å². The second-order valence-corrected chi connectivity index (χ2v) is 7.10. The molecule has 0 aromatic heterocycles. The van der Waals surface area contributed by atoms with Crippen molar-refractivity contribution in [3.05, 3.63) is 52.6 Å². The Labute approximate surface area is 173 Å². The number of methoxy groups -OCH3 is 1. The standard InChI is InChI=1S/C21H24N2O7/c1-11(2)29-19(25)15-12(3)30-17(22)16(18(24)28-10-9-27-4)21(15)13-7-5-6-8-14(13)23-20(21)26/h5-8,11H,9-10,22H2,1-4H3,(H,23,26). The van der Waals surface area contributed by atoms with Crippen molar-refractivity contribution in [1.29, 1.82) is 0 Å². The van der Waals surface area contributed by atoms with E-state index in [1.165, 1.54) is 14.0 Å². The van der Waals surface area contributed by atoms with Crippen molar-refractivity contribution >= 4 is 23.5 Å². The van der Waals surface area contributed by atoms with Crippen molar-refractivity contribution < 1.29 is 33.3 Å². The summed E-state index contributed by atoms with van der Waals surface area (Å²) in [7, 11) is 1.46. The molecule has 2 aliphatic rings. The van der Waals surface area contributed by atoms with E-state index in [9.17, 15) is 14.4 Å². The van der Waals surface area contributed by atoms with E-state index < -0.39 is 29.4 Å².